The number of hydrogen-bond acceptors (Lipinski definition) is 5. The average Bonchev–Trinajstić information content (AvgIpc) is 2.61. The van der Waals surface area contributed by atoms with Gasteiger partial charge in [0.2, 0.25) is 0 Å². The highest BCUT2D eigenvalue weighted by Crippen LogP contribution is 2.27. The molecule has 92 valence electrons. The largest absolute Gasteiger partial charge is 0.410 e. The zero-order chi connectivity index (χ0) is 12.6. The molecule has 17 heavy (non-hydrogen) atoms. The van der Waals surface area contributed by atoms with Gasteiger partial charge in [0.1, 0.15) is 5.52 Å². The van der Waals surface area contributed by atoms with Gasteiger partial charge < -0.3 is 21.0 Å². The van der Waals surface area contributed by atoms with Crippen molar-refractivity contribution in [3.63, 3.8) is 0 Å². The fourth-order valence-electron chi connectivity index (χ4n) is 1.92. The molecular formula is C10H15N5O2. The molecule has 1 aromatic carbocycles. The highest BCUT2D eigenvalue weighted by molar-refractivity contribution is 5.99. The van der Waals surface area contributed by atoms with Crippen LogP contribution in [0, 0.1) is 0 Å². The van der Waals surface area contributed by atoms with Gasteiger partial charge in [-0.2, -0.15) is 0 Å². The predicted molar refractivity (Wildman–Crippen MR) is 64.9 cm³/mol. The monoisotopic (exact) mass is 237 g/mol. The molecule has 7 nitrogen and oxygen atoms in total. The molecule has 0 atom stereocenters. The van der Waals surface area contributed by atoms with Crippen molar-refractivity contribution in [3.05, 3.63) is 17.6 Å². The Bertz CT molecular complexity index is 626. The Morgan fingerprint density at radius 2 is 1.65 bits per heavy atom. The van der Waals surface area contributed by atoms with Crippen LogP contribution >= 0.6 is 0 Å². The summed E-state index contributed by atoms with van der Waals surface area (Å²) in [7, 11) is 5.06. The molecule has 4 N–H and O–H groups in total. The van der Waals surface area contributed by atoms with Crippen LogP contribution in [0.5, 0.6) is 0 Å². The third kappa shape index (κ3) is 1.39. The SMILES string of the molecule is CN=c1c2c(NC)ccc(NC)c2n(O)n1O. The van der Waals surface area contributed by atoms with Gasteiger partial charge in [0.05, 0.1) is 11.1 Å². The van der Waals surface area contributed by atoms with E-state index in [-0.39, 0.29) is 5.49 Å². The minimum absolute atomic E-state index is 0.281. The van der Waals surface area contributed by atoms with E-state index in [1.165, 1.54) is 0 Å². The number of fused-ring (bicyclic) bond motifs is 1. The molecule has 0 saturated carbocycles. The van der Waals surface area contributed by atoms with Gasteiger partial charge in [-0.15, -0.1) is 0 Å². The van der Waals surface area contributed by atoms with Gasteiger partial charge in [-0.3, -0.25) is 4.99 Å². The van der Waals surface area contributed by atoms with Crippen LogP contribution in [0.2, 0.25) is 0 Å². The van der Waals surface area contributed by atoms with Crippen molar-refractivity contribution in [1.29, 1.82) is 0 Å². The summed E-state index contributed by atoms with van der Waals surface area (Å²) in [6, 6.07) is 3.66. The summed E-state index contributed by atoms with van der Waals surface area (Å²) in [6.45, 7) is 0. The zero-order valence-electron chi connectivity index (χ0n) is 9.89. The van der Waals surface area contributed by atoms with Crippen LogP contribution in [0.4, 0.5) is 11.4 Å². The molecule has 0 spiro atoms. The van der Waals surface area contributed by atoms with Crippen LogP contribution in [-0.4, -0.2) is 41.2 Å². The third-order valence-corrected chi connectivity index (χ3v) is 2.72. The lowest BCUT2D eigenvalue weighted by molar-refractivity contribution is -0.00950. The van der Waals surface area contributed by atoms with Crippen molar-refractivity contribution in [1.82, 2.24) is 9.69 Å². The first kappa shape index (κ1) is 11.2. The molecular weight excluding hydrogens is 222 g/mol. The van der Waals surface area contributed by atoms with Gasteiger partial charge in [0, 0.05) is 26.8 Å². The zero-order valence-corrected chi connectivity index (χ0v) is 9.89. The van der Waals surface area contributed by atoms with E-state index < -0.39 is 0 Å². The van der Waals surface area contributed by atoms with Crippen molar-refractivity contribution < 1.29 is 10.4 Å². The molecule has 0 fully saturated rings. The van der Waals surface area contributed by atoms with Crippen molar-refractivity contribution >= 4 is 22.3 Å². The lowest BCUT2D eigenvalue weighted by atomic mass is 10.2. The summed E-state index contributed by atoms with van der Waals surface area (Å²) in [5.41, 5.74) is 2.21. The Morgan fingerprint density at radius 1 is 1.06 bits per heavy atom. The van der Waals surface area contributed by atoms with Crippen molar-refractivity contribution in [2.45, 2.75) is 0 Å². The molecule has 0 aliphatic carbocycles. The van der Waals surface area contributed by atoms with Gasteiger partial charge in [-0.25, -0.2) is 0 Å². The molecule has 2 rings (SSSR count). The number of aromatic nitrogens is 2. The maximum absolute atomic E-state index is 9.84. The molecule has 1 aromatic heterocycles. The van der Waals surface area contributed by atoms with E-state index in [9.17, 15) is 10.4 Å². The summed E-state index contributed by atoms with van der Waals surface area (Å²) in [4.78, 5) is 5.23. The number of nitrogens with one attached hydrogen (secondary N) is 2. The molecule has 0 radical (unpaired) electrons. The van der Waals surface area contributed by atoms with Gasteiger partial charge >= 0.3 is 0 Å². The third-order valence-electron chi connectivity index (χ3n) is 2.72. The number of benzene rings is 1. The topological polar surface area (TPSA) is 86.7 Å². The minimum atomic E-state index is 0.281. The molecule has 0 aliphatic rings. The van der Waals surface area contributed by atoms with Crippen LogP contribution in [0.25, 0.3) is 10.9 Å². The number of anilines is 2. The first-order valence-corrected chi connectivity index (χ1v) is 5.13. The molecule has 0 unspecified atom stereocenters. The lowest BCUT2D eigenvalue weighted by Crippen LogP contribution is -2.20. The van der Waals surface area contributed by atoms with E-state index in [1.807, 2.05) is 6.07 Å². The first-order chi connectivity index (χ1) is 8.15. The minimum Gasteiger partial charge on any atom is -0.410 e. The number of nitrogens with zero attached hydrogens (tertiary/aromatic N) is 3. The van der Waals surface area contributed by atoms with Crippen LogP contribution < -0.4 is 16.1 Å². The highest BCUT2D eigenvalue weighted by Gasteiger charge is 2.16. The fraction of sp³-hybridized carbons (Fsp3) is 0.300. The first-order valence-electron chi connectivity index (χ1n) is 5.13. The average molecular weight is 237 g/mol. The van der Waals surface area contributed by atoms with Gasteiger partial charge in [-0.1, -0.05) is 9.69 Å². The van der Waals surface area contributed by atoms with Crippen LogP contribution in [0.1, 0.15) is 0 Å². The second-order valence-corrected chi connectivity index (χ2v) is 3.51. The van der Waals surface area contributed by atoms with Crippen LogP contribution in [0.3, 0.4) is 0 Å². The second-order valence-electron chi connectivity index (χ2n) is 3.51. The number of rotatable bonds is 2. The molecule has 0 saturated heterocycles. The predicted octanol–water partition coefficient (Wildman–Crippen LogP) is 0.531. The smallest absolute Gasteiger partial charge is 0.198 e. The molecule has 0 aliphatic heterocycles. The Balaban J connectivity index is 3.07. The van der Waals surface area contributed by atoms with E-state index in [4.69, 9.17) is 0 Å². The van der Waals surface area contributed by atoms with Gasteiger partial charge in [0.15, 0.2) is 5.49 Å². The number of hydrogen-bond donors (Lipinski definition) is 4. The Hall–Kier alpha value is -2.31. The highest BCUT2D eigenvalue weighted by atomic mass is 16.6. The molecule has 0 bridgehead atoms. The summed E-state index contributed by atoms with van der Waals surface area (Å²) < 4.78 is 0. The van der Waals surface area contributed by atoms with Gasteiger partial charge in [-0.05, 0) is 12.1 Å². The van der Waals surface area contributed by atoms with E-state index in [0.717, 1.165) is 5.69 Å². The Morgan fingerprint density at radius 3 is 2.18 bits per heavy atom. The maximum atomic E-state index is 9.84. The fourth-order valence-corrected chi connectivity index (χ4v) is 1.92. The van der Waals surface area contributed by atoms with E-state index in [2.05, 4.69) is 15.6 Å². The second kappa shape index (κ2) is 3.93. The van der Waals surface area contributed by atoms with E-state index in [1.54, 1.807) is 27.2 Å². The molecule has 2 aromatic rings. The van der Waals surface area contributed by atoms with Crippen molar-refractivity contribution in [2.75, 3.05) is 31.8 Å². The van der Waals surface area contributed by atoms with Crippen LogP contribution in [-0.2, 0) is 0 Å². The van der Waals surface area contributed by atoms with Crippen LogP contribution in [0.15, 0.2) is 17.1 Å². The lowest BCUT2D eigenvalue weighted by Gasteiger charge is -2.06. The summed E-state index contributed by atoms with van der Waals surface area (Å²) in [5.74, 6) is 0. The molecule has 7 heteroatoms. The molecule has 0 amide bonds. The Kier molecular flexibility index (Phi) is 2.58. The van der Waals surface area contributed by atoms with Gasteiger partial charge in [0.25, 0.3) is 0 Å². The van der Waals surface area contributed by atoms with E-state index >= 15 is 0 Å². The standard InChI is InChI=1S/C10H15N5O2/c1-11-6-4-5-7(12-2)9-8(6)10(13-3)15(17)14(9)16/h4-5,11-12,16-17H,1-3H3. The summed E-state index contributed by atoms with van der Waals surface area (Å²) in [5, 5.41) is 26.2. The normalized spacial score (nSPS) is 12.1. The van der Waals surface area contributed by atoms with Crippen molar-refractivity contribution in [3.8, 4) is 0 Å². The van der Waals surface area contributed by atoms with E-state index in [0.29, 0.717) is 26.3 Å². The molecule has 1 heterocycles. The summed E-state index contributed by atoms with van der Waals surface area (Å²) in [6.07, 6.45) is 0. The Labute approximate surface area is 97.5 Å². The maximum Gasteiger partial charge on any atom is 0.198 e. The quantitative estimate of drug-likeness (QED) is 0.574. The van der Waals surface area contributed by atoms with Crippen molar-refractivity contribution in [2.24, 2.45) is 4.99 Å². The summed E-state index contributed by atoms with van der Waals surface area (Å²) >= 11 is 0.